The normalized spacial score (nSPS) is 35.9. The van der Waals surface area contributed by atoms with Crippen LogP contribution in [0.2, 0.25) is 0 Å². The number of carbonyl (C=O) groups is 1. The minimum atomic E-state index is -0.505. The number of aliphatic hydroxyl groups is 1. The van der Waals surface area contributed by atoms with Crippen LogP contribution in [0.15, 0.2) is 30.5 Å². The average molecular weight is 424 g/mol. The fraction of sp³-hybridized carbons (Fsp3) is 0.600. The molecule has 5 atom stereocenters. The molecule has 31 heavy (non-hydrogen) atoms. The number of benzene rings is 1. The van der Waals surface area contributed by atoms with Crippen molar-refractivity contribution in [3.05, 3.63) is 47.5 Å². The molecule has 1 aromatic heterocycles. The molecule has 4 saturated carbocycles. The first-order valence-electron chi connectivity index (χ1n) is 11.6. The fourth-order valence-corrected chi connectivity index (χ4v) is 7.48. The van der Waals surface area contributed by atoms with E-state index >= 15 is 0 Å². The highest BCUT2D eigenvalue weighted by Crippen LogP contribution is 2.57. The number of hydrogen-bond donors (Lipinski definition) is 1. The predicted molar refractivity (Wildman–Crippen MR) is 114 cm³/mol. The van der Waals surface area contributed by atoms with Gasteiger partial charge in [0.15, 0.2) is 0 Å². The lowest BCUT2D eigenvalue weighted by Gasteiger charge is -2.60. The summed E-state index contributed by atoms with van der Waals surface area (Å²) >= 11 is 0. The highest BCUT2D eigenvalue weighted by atomic mass is 19.1. The first kappa shape index (κ1) is 19.5. The first-order chi connectivity index (χ1) is 14.7. The quantitative estimate of drug-likeness (QED) is 0.792. The molecule has 164 valence electrons. The Bertz CT molecular complexity index is 1040. The summed E-state index contributed by atoms with van der Waals surface area (Å²) in [7, 11) is 0. The van der Waals surface area contributed by atoms with Crippen LogP contribution >= 0.6 is 0 Å². The third kappa shape index (κ3) is 2.90. The van der Waals surface area contributed by atoms with Gasteiger partial charge in [0.1, 0.15) is 5.82 Å². The molecule has 0 saturated heterocycles. The van der Waals surface area contributed by atoms with E-state index in [2.05, 4.69) is 23.8 Å². The summed E-state index contributed by atoms with van der Waals surface area (Å²) in [5.41, 5.74) is 1.38. The van der Waals surface area contributed by atoms with Gasteiger partial charge in [-0.2, -0.15) is 5.10 Å². The van der Waals surface area contributed by atoms with Crippen molar-refractivity contribution in [3.63, 3.8) is 0 Å². The molecule has 1 amide bonds. The molecule has 4 bridgehead atoms. The molecule has 4 fully saturated rings. The van der Waals surface area contributed by atoms with Crippen molar-refractivity contribution in [1.29, 1.82) is 0 Å². The molecule has 4 aliphatic carbocycles. The van der Waals surface area contributed by atoms with Crippen LogP contribution in [0, 0.1) is 23.6 Å². The summed E-state index contributed by atoms with van der Waals surface area (Å²) in [5.74, 6) is 1.13. The number of fused-ring (bicyclic) bond motifs is 1. The van der Waals surface area contributed by atoms with Crippen molar-refractivity contribution in [2.75, 3.05) is 6.54 Å². The standard InChI is InChI=1S/C25H30FN3O2/c1-24(2)6-7-28(21-16-8-15-9-17(21)13-25(31,11-15)12-16)23(30)20-14-27-29(22(20)24)19-5-3-4-18(26)10-19/h3-5,10,14-17,21,31H,6-9,11-13H2,1-2H3/t15?,16-,17+,21?,25?. The van der Waals surface area contributed by atoms with Gasteiger partial charge in [0.2, 0.25) is 0 Å². The van der Waals surface area contributed by atoms with Gasteiger partial charge in [-0.05, 0) is 74.5 Å². The van der Waals surface area contributed by atoms with Gasteiger partial charge in [0.05, 0.1) is 28.7 Å². The predicted octanol–water partition coefficient (Wildman–Crippen LogP) is 4.07. The van der Waals surface area contributed by atoms with E-state index in [9.17, 15) is 14.3 Å². The van der Waals surface area contributed by atoms with Crippen molar-refractivity contribution < 1.29 is 14.3 Å². The number of hydrogen-bond acceptors (Lipinski definition) is 3. The van der Waals surface area contributed by atoms with Crippen LogP contribution in [0.5, 0.6) is 0 Å². The Morgan fingerprint density at radius 3 is 2.58 bits per heavy atom. The van der Waals surface area contributed by atoms with Gasteiger partial charge in [-0.3, -0.25) is 4.79 Å². The number of rotatable bonds is 2. The lowest BCUT2D eigenvalue weighted by atomic mass is 9.52. The molecule has 3 unspecified atom stereocenters. The summed E-state index contributed by atoms with van der Waals surface area (Å²) in [5, 5.41) is 15.5. The zero-order chi connectivity index (χ0) is 21.5. The summed E-state index contributed by atoms with van der Waals surface area (Å²) in [6.07, 6.45) is 7.36. The number of amides is 1. The average Bonchev–Trinajstić information content (AvgIpc) is 3.11. The Morgan fingerprint density at radius 1 is 1.16 bits per heavy atom. The molecule has 0 radical (unpaired) electrons. The monoisotopic (exact) mass is 423 g/mol. The van der Waals surface area contributed by atoms with E-state index in [1.54, 1.807) is 16.9 Å². The first-order valence-corrected chi connectivity index (χ1v) is 11.6. The molecule has 2 aromatic rings. The summed E-state index contributed by atoms with van der Waals surface area (Å²) in [4.78, 5) is 16.0. The van der Waals surface area contributed by atoms with Crippen molar-refractivity contribution in [2.45, 2.75) is 69.4 Å². The van der Waals surface area contributed by atoms with Gasteiger partial charge in [0, 0.05) is 18.0 Å². The third-order valence-corrected chi connectivity index (χ3v) is 8.48. The SMILES string of the molecule is CC1(C)CCN(C2[C@@H]3CC4C[C@H]2CC(O)(C4)C3)C(=O)c2cnn(-c3cccc(F)c3)c21. The van der Waals surface area contributed by atoms with Crippen molar-refractivity contribution in [1.82, 2.24) is 14.7 Å². The topological polar surface area (TPSA) is 58.4 Å². The molecule has 5 nitrogen and oxygen atoms in total. The Morgan fingerprint density at radius 2 is 1.90 bits per heavy atom. The molecule has 6 heteroatoms. The maximum atomic E-state index is 13.9. The highest BCUT2D eigenvalue weighted by Gasteiger charge is 2.57. The Balaban J connectivity index is 1.40. The van der Waals surface area contributed by atoms with Crippen LogP contribution in [0.1, 0.15) is 68.4 Å². The Kier molecular flexibility index (Phi) is 4.03. The minimum absolute atomic E-state index is 0.0488. The van der Waals surface area contributed by atoms with E-state index in [-0.39, 0.29) is 23.2 Å². The van der Waals surface area contributed by atoms with Crippen molar-refractivity contribution >= 4 is 5.91 Å². The number of carbonyl (C=O) groups excluding carboxylic acids is 1. The van der Waals surface area contributed by atoms with Gasteiger partial charge < -0.3 is 10.0 Å². The molecule has 0 spiro atoms. The highest BCUT2D eigenvalue weighted by molar-refractivity contribution is 5.96. The van der Waals surface area contributed by atoms with E-state index in [4.69, 9.17) is 0 Å². The van der Waals surface area contributed by atoms with E-state index in [0.717, 1.165) is 44.2 Å². The maximum Gasteiger partial charge on any atom is 0.257 e. The Hall–Kier alpha value is -2.21. The summed E-state index contributed by atoms with van der Waals surface area (Å²) < 4.78 is 15.7. The van der Waals surface area contributed by atoms with Gasteiger partial charge in [0.25, 0.3) is 5.91 Å². The molecule has 1 N–H and O–H groups in total. The fourth-order valence-electron chi connectivity index (χ4n) is 7.48. The lowest BCUT2D eigenvalue weighted by molar-refractivity contribution is -0.154. The van der Waals surface area contributed by atoms with Gasteiger partial charge in [-0.1, -0.05) is 19.9 Å². The minimum Gasteiger partial charge on any atom is -0.390 e. The molecule has 1 aliphatic heterocycles. The summed E-state index contributed by atoms with van der Waals surface area (Å²) in [6.45, 7) is 5.02. The number of nitrogens with zero attached hydrogens (tertiary/aromatic N) is 3. The van der Waals surface area contributed by atoms with Crippen molar-refractivity contribution in [2.24, 2.45) is 17.8 Å². The molecule has 7 rings (SSSR count). The second-order valence-electron chi connectivity index (χ2n) is 11.1. The molecule has 5 aliphatic rings. The lowest BCUT2D eigenvalue weighted by Crippen LogP contribution is -2.62. The van der Waals surface area contributed by atoms with Crippen LogP contribution in [0.3, 0.4) is 0 Å². The van der Waals surface area contributed by atoms with Crippen LogP contribution in [-0.2, 0) is 5.41 Å². The number of halogens is 1. The second kappa shape index (κ2) is 6.41. The summed E-state index contributed by atoms with van der Waals surface area (Å²) in [6, 6.07) is 6.61. The smallest absolute Gasteiger partial charge is 0.257 e. The van der Waals surface area contributed by atoms with E-state index < -0.39 is 5.60 Å². The Labute approximate surface area is 182 Å². The molecular formula is C25H30FN3O2. The van der Waals surface area contributed by atoms with Crippen molar-refractivity contribution in [3.8, 4) is 5.69 Å². The van der Waals surface area contributed by atoms with Crippen LogP contribution in [0.25, 0.3) is 5.69 Å². The van der Waals surface area contributed by atoms with Crippen LogP contribution in [-0.4, -0.2) is 43.9 Å². The maximum absolute atomic E-state index is 13.9. The van der Waals surface area contributed by atoms with Crippen LogP contribution in [0.4, 0.5) is 4.39 Å². The zero-order valence-corrected chi connectivity index (χ0v) is 18.2. The van der Waals surface area contributed by atoms with E-state index in [0.29, 0.717) is 35.5 Å². The second-order valence-corrected chi connectivity index (χ2v) is 11.1. The zero-order valence-electron chi connectivity index (χ0n) is 18.2. The molecule has 1 aromatic carbocycles. The molecular weight excluding hydrogens is 393 g/mol. The van der Waals surface area contributed by atoms with E-state index in [1.807, 2.05) is 6.07 Å². The van der Waals surface area contributed by atoms with Gasteiger partial charge in [-0.25, -0.2) is 9.07 Å². The molecule has 2 heterocycles. The van der Waals surface area contributed by atoms with Crippen LogP contribution < -0.4 is 0 Å². The van der Waals surface area contributed by atoms with Gasteiger partial charge >= 0.3 is 0 Å². The van der Waals surface area contributed by atoms with Gasteiger partial charge in [-0.15, -0.1) is 0 Å². The van der Waals surface area contributed by atoms with E-state index in [1.165, 1.54) is 12.1 Å². The third-order valence-electron chi connectivity index (χ3n) is 8.48. The number of aromatic nitrogens is 2. The largest absolute Gasteiger partial charge is 0.390 e.